The van der Waals surface area contributed by atoms with Crippen LogP contribution in [0.3, 0.4) is 0 Å². The third-order valence-corrected chi connectivity index (χ3v) is 3.42. The van der Waals surface area contributed by atoms with Crippen LogP contribution in [0.5, 0.6) is 17.2 Å². The molecule has 0 spiro atoms. The standard InChI is InChI=1S/C16H15Cl2NO4/c1-21-12-6-11(7-13(8-12)22-2)19-16(20)9-23-15-4-3-10(17)5-14(15)18/h3-8H,9H2,1-2H3,(H,19,20). The van der Waals surface area contributed by atoms with E-state index in [-0.39, 0.29) is 12.5 Å². The minimum Gasteiger partial charge on any atom is -0.497 e. The quantitative estimate of drug-likeness (QED) is 0.849. The number of methoxy groups -OCH3 is 2. The van der Waals surface area contributed by atoms with Crippen LogP contribution in [0.15, 0.2) is 36.4 Å². The van der Waals surface area contributed by atoms with Crippen molar-refractivity contribution in [3.05, 3.63) is 46.4 Å². The zero-order chi connectivity index (χ0) is 16.8. The van der Waals surface area contributed by atoms with Gasteiger partial charge < -0.3 is 19.5 Å². The molecule has 1 N–H and O–H groups in total. The largest absolute Gasteiger partial charge is 0.497 e. The topological polar surface area (TPSA) is 56.8 Å². The van der Waals surface area contributed by atoms with E-state index in [4.69, 9.17) is 37.4 Å². The molecule has 0 atom stereocenters. The van der Waals surface area contributed by atoms with Gasteiger partial charge in [0.2, 0.25) is 0 Å². The average Bonchev–Trinajstić information content (AvgIpc) is 2.53. The maximum Gasteiger partial charge on any atom is 0.262 e. The first-order valence-electron chi connectivity index (χ1n) is 6.62. The van der Waals surface area contributed by atoms with Crippen molar-refractivity contribution in [1.29, 1.82) is 0 Å². The Balaban J connectivity index is 1.99. The summed E-state index contributed by atoms with van der Waals surface area (Å²) >= 11 is 11.8. The second kappa shape index (κ2) is 7.94. The number of halogens is 2. The Labute approximate surface area is 144 Å². The van der Waals surface area contributed by atoms with Crippen molar-refractivity contribution in [2.75, 3.05) is 26.1 Å². The summed E-state index contributed by atoms with van der Waals surface area (Å²) in [6.45, 7) is -0.194. The Morgan fingerprint density at radius 1 is 1.04 bits per heavy atom. The zero-order valence-corrected chi connectivity index (χ0v) is 14.1. The Morgan fingerprint density at radius 3 is 2.26 bits per heavy atom. The van der Waals surface area contributed by atoms with Crippen molar-refractivity contribution in [3.63, 3.8) is 0 Å². The van der Waals surface area contributed by atoms with Gasteiger partial charge >= 0.3 is 0 Å². The van der Waals surface area contributed by atoms with E-state index in [1.54, 1.807) is 36.4 Å². The molecule has 7 heteroatoms. The fraction of sp³-hybridized carbons (Fsp3) is 0.188. The van der Waals surface area contributed by atoms with E-state index in [1.807, 2.05) is 0 Å². The van der Waals surface area contributed by atoms with Crippen molar-refractivity contribution in [2.45, 2.75) is 0 Å². The number of ether oxygens (including phenoxy) is 3. The molecule has 0 heterocycles. The molecule has 2 rings (SSSR count). The summed E-state index contributed by atoms with van der Waals surface area (Å²) < 4.78 is 15.7. The number of carbonyl (C=O) groups is 1. The van der Waals surface area contributed by atoms with E-state index in [1.165, 1.54) is 14.2 Å². The maximum atomic E-state index is 12.0. The van der Waals surface area contributed by atoms with Gasteiger partial charge in [-0.1, -0.05) is 23.2 Å². The van der Waals surface area contributed by atoms with Crippen molar-refractivity contribution in [2.24, 2.45) is 0 Å². The van der Waals surface area contributed by atoms with Crippen LogP contribution in [0.1, 0.15) is 0 Å². The minimum atomic E-state index is -0.341. The molecule has 0 aromatic heterocycles. The molecule has 5 nitrogen and oxygen atoms in total. The third kappa shape index (κ3) is 4.94. The highest BCUT2D eigenvalue weighted by atomic mass is 35.5. The van der Waals surface area contributed by atoms with Gasteiger partial charge in [0.15, 0.2) is 6.61 Å². The van der Waals surface area contributed by atoms with Gasteiger partial charge in [0.25, 0.3) is 5.91 Å². The van der Waals surface area contributed by atoms with Crippen LogP contribution in [0.25, 0.3) is 0 Å². The molecule has 0 saturated carbocycles. The zero-order valence-electron chi connectivity index (χ0n) is 12.6. The van der Waals surface area contributed by atoms with E-state index in [0.29, 0.717) is 33.0 Å². The molecule has 0 bridgehead atoms. The van der Waals surface area contributed by atoms with Crippen molar-refractivity contribution < 1.29 is 19.0 Å². The van der Waals surface area contributed by atoms with Crippen LogP contribution in [-0.4, -0.2) is 26.7 Å². The van der Waals surface area contributed by atoms with Crippen molar-refractivity contribution in [3.8, 4) is 17.2 Å². The lowest BCUT2D eigenvalue weighted by Gasteiger charge is -2.11. The Bertz CT molecular complexity index is 684. The van der Waals surface area contributed by atoms with Gasteiger partial charge in [0.1, 0.15) is 17.2 Å². The maximum absolute atomic E-state index is 12.0. The van der Waals surface area contributed by atoms with E-state index >= 15 is 0 Å². The summed E-state index contributed by atoms with van der Waals surface area (Å²) in [6, 6.07) is 9.84. The van der Waals surface area contributed by atoms with Crippen LogP contribution >= 0.6 is 23.2 Å². The molecule has 2 aromatic rings. The number of nitrogens with one attached hydrogen (secondary N) is 1. The van der Waals surface area contributed by atoms with Gasteiger partial charge in [-0.05, 0) is 18.2 Å². The summed E-state index contributed by atoms with van der Waals surface area (Å²) in [6.07, 6.45) is 0. The molecule has 0 fully saturated rings. The molecule has 0 aliphatic rings. The summed E-state index contributed by atoms with van der Waals surface area (Å²) in [5, 5.41) is 3.54. The van der Waals surface area contributed by atoms with E-state index in [9.17, 15) is 4.79 Å². The average molecular weight is 356 g/mol. The minimum absolute atomic E-state index is 0.194. The van der Waals surface area contributed by atoms with E-state index in [2.05, 4.69) is 5.32 Å². The van der Waals surface area contributed by atoms with E-state index < -0.39 is 0 Å². The Kier molecular flexibility index (Phi) is 5.96. The molecule has 0 unspecified atom stereocenters. The van der Waals surface area contributed by atoms with Gasteiger partial charge in [-0.2, -0.15) is 0 Å². The molecule has 1 amide bonds. The smallest absolute Gasteiger partial charge is 0.262 e. The lowest BCUT2D eigenvalue weighted by Crippen LogP contribution is -2.20. The molecule has 0 aliphatic carbocycles. The number of anilines is 1. The number of hydrogen-bond donors (Lipinski definition) is 1. The second-order valence-corrected chi connectivity index (χ2v) is 5.36. The highest BCUT2D eigenvalue weighted by Gasteiger charge is 2.09. The summed E-state index contributed by atoms with van der Waals surface area (Å²) in [7, 11) is 3.07. The monoisotopic (exact) mass is 355 g/mol. The fourth-order valence-electron chi connectivity index (χ4n) is 1.81. The molecular formula is C16H15Cl2NO4. The van der Waals surface area contributed by atoms with Gasteiger partial charge in [-0.15, -0.1) is 0 Å². The van der Waals surface area contributed by atoms with E-state index in [0.717, 1.165) is 0 Å². The summed E-state index contributed by atoms with van der Waals surface area (Å²) in [5.41, 5.74) is 0.539. The number of carbonyl (C=O) groups excluding carboxylic acids is 1. The first-order valence-corrected chi connectivity index (χ1v) is 7.38. The molecule has 122 valence electrons. The number of amides is 1. The molecular weight excluding hydrogens is 341 g/mol. The highest BCUT2D eigenvalue weighted by Crippen LogP contribution is 2.28. The predicted octanol–water partition coefficient (Wildman–Crippen LogP) is 4.03. The Hall–Kier alpha value is -2.11. The normalized spacial score (nSPS) is 10.1. The molecule has 23 heavy (non-hydrogen) atoms. The third-order valence-electron chi connectivity index (χ3n) is 2.89. The van der Waals surface area contributed by atoms with Crippen LogP contribution < -0.4 is 19.5 Å². The summed E-state index contributed by atoms with van der Waals surface area (Å²) in [5.74, 6) is 1.18. The lowest BCUT2D eigenvalue weighted by atomic mass is 10.2. The molecule has 0 saturated heterocycles. The number of rotatable bonds is 6. The molecule has 0 aliphatic heterocycles. The van der Waals surface area contributed by atoms with Crippen LogP contribution in [0.2, 0.25) is 10.0 Å². The van der Waals surface area contributed by atoms with Crippen LogP contribution in [0, 0.1) is 0 Å². The number of benzene rings is 2. The van der Waals surface area contributed by atoms with Crippen molar-refractivity contribution in [1.82, 2.24) is 0 Å². The number of hydrogen-bond acceptors (Lipinski definition) is 4. The second-order valence-electron chi connectivity index (χ2n) is 4.51. The highest BCUT2D eigenvalue weighted by molar-refractivity contribution is 6.35. The first kappa shape index (κ1) is 17.2. The van der Waals surface area contributed by atoms with Gasteiger partial charge in [0.05, 0.1) is 19.2 Å². The van der Waals surface area contributed by atoms with Gasteiger partial charge in [-0.25, -0.2) is 0 Å². The SMILES string of the molecule is COc1cc(NC(=O)COc2ccc(Cl)cc2Cl)cc(OC)c1. The molecule has 0 radical (unpaired) electrons. The van der Waals surface area contributed by atoms with Gasteiger partial charge in [0, 0.05) is 28.9 Å². The fourth-order valence-corrected chi connectivity index (χ4v) is 2.28. The van der Waals surface area contributed by atoms with Crippen LogP contribution in [-0.2, 0) is 4.79 Å². The first-order chi connectivity index (χ1) is 11.0. The predicted molar refractivity (Wildman–Crippen MR) is 90.1 cm³/mol. The van der Waals surface area contributed by atoms with Crippen molar-refractivity contribution >= 4 is 34.8 Å². The Morgan fingerprint density at radius 2 is 1.70 bits per heavy atom. The summed E-state index contributed by atoms with van der Waals surface area (Å²) in [4.78, 5) is 12.0. The van der Waals surface area contributed by atoms with Gasteiger partial charge in [-0.3, -0.25) is 4.79 Å². The van der Waals surface area contributed by atoms with Crippen LogP contribution in [0.4, 0.5) is 5.69 Å². The molecule has 2 aromatic carbocycles. The lowest BCUT2D eigenvalue weighted by molar-refractivity contribution is -0.118.